The first-order valence-corrected chi connectivity index (χ1v) is 6.56. The van der Waals surface area contributed by atoms with E-state index in [-0.39, 0.29) is 6.04 Å². The summed E-state index contributed by atoms with van der Waals surface area (Å²) in [6, 6.07) is 8.66. The number of aromatic amines is 1. The maximum atomic E-state index is 4.32. The molecule has 0 spiro atoms. The van der Waals surface area contributed by atoms with Gasteiger partial charge >= 0.3 is 0 Å². The fourth-order valence-corrected chi connectivity index (χ4v) is 2.10. The molecule has 90 valence electrons. The molecule has 1 heterocycles. The number of nitrogens with zero attached hydrogens (tertiary/aromatic N) is 1. The molecule has 17 heavy (non-hydrogen) atoms. The second-order valence-corrected chi connectivity index (χ2v) is 4.83. The molecule has 0 saturated carbocycles. The molecule has 4 heteroatoms. The number of likely N-dealkylation sites (N-methyl/N-ethyl adjacent to an activating group) is 1. The summed E-state index contributed by atoms with van der Waals surface area (Å²) < 4.78 is 1.11. The van der Waals surface area contributed by atoms with Crippen molar-refractivity contribution in [1.82, 2.24) is 15.3 Å². The second-order valence-electron chi connectivity index (χ2n) is 3.92. The van der Waals surface area contributed by atoms with Gasteiger partial charge in [0.15, 0.2) is 0 Å². The zero-order chi connectivity index (χ0) is 12.1. The van der Waals surface area contributed by atoms with Gasteiger partial charge in [-0.25, -0.2) is 4.98 Å². The Bertz CT molecular complexity index is 436. The Labute approximate surface area is 110 Å². The quantitative estimate of drug-likeness (QED) is 0.889. The van der Waals surface area contributed by atoms with Crippen LogP contribution in [0, 0.1) is 0 Å². The Kier molecular flexibility index (Phi) is 4.34. The summed E-state index contributed by atoms with van der Waals surface area (Å²) in [6.07, 6.45) is 4.59. The molecule has 2 N–H and O–H groups in total. The second kappa shape index (κ2) is 5.98. The third-order valence-electron chi connectivity index (χ3n) is 2.65. The van der Waals surface area contributed by atoms with E-state index in [4.69, 9.17) is 0 Å². The molecule has 2 rings (SSSR count). The van der Waals surface area contributed by atoms with Crippen LogP contribution in [0.2, 0.25) is 0 Å². The van der Waals surface area contributed by atoms with Crippen LogP contribution in [-0.2, 0) is 6.42 Å². The van der Waals surface area contributed by atoms with Crippen LogP contribution in [0.5, 0.6) is 0 Å². The minimum atomic E-state index is 0.246. The summed E-state index contributed by atoms with van der Waals surface area (Å²) in [5.74, 6) is 0.995. The van der Waals surface area contributed by atoms with Crippen molar-refractivity contribution in [2.24, 2.45) is 0 Å². The van der Waals surface area contributed by atoms with Crippen molar-refractivity contribution in [3.8, 4) is 0 Å². The maximum Gasteiger partial charge on any atom is 0.123 e. The largest absolute Gasteiger partial charge is 0.347 e. The van der Waals surface area contributed by atoms with Gasteiger partial charge in [0.25, 0.3) is 0 Å². The van der Waals surface area contributed by atoms with Crippen molar-refractivity contribution < 1.29 is 0 Å². The van der Waals surface area contributed by atoms with Crippen LogP contribution in [0.25, 0.3) is 0 Å². The number of rotatable bonds is 5. The molecule has 1 unspecified atom stereocenters. The highest BCUT2D eigenvalue weighted by molar-refractivity contribution is 9.10. The monoisotopic (exact) mass is 293 g/mol. The third kappa shape index (κ3) is 3.41. The molecule has 1 aromatic heterocycles. The number of benzene rings is 1. The van der Waals surface area contributed by atoms with Gasteiger partial charge in [-0.05, 0) is 30.7 Å². The predicted octanol–water partition coefficient (Wildman–Crippen LogP) is 3.07. The fraction of sp³-hybridized carbons (Fsp3) is 0.308. The van der Waals surface area contributed by atoms with Crippen molar-refractivity contribution >= 4 is 15.9 Å². The van der Waals surface area contributed by atoms with Crippen LogP contribution in [0.1, 0.15) is 24.4 Å². The van der Waals surface area contributed by atoms with Crippen LogP contribution in [0.4, 0.5) is 0 Å². The van der Waals surface area contributed by atoms with Crippen molar-refractivity contribution in [2.75, 3.05) is 6.54 Å². The minimum absolute atomic E-state index is 0.246. The van der Waals surface area contributed by atoms with E-state index in [0.29, 0.717) is 0 Å². The van der Waals surface area contributed by atoms with E-state index in [9.17, 15) is 0 Å². The normalized spacial score (nSPS) is 12.6. The summed E-state index contributed by atoms with van der Waals surface area (Å²) >= 11 is 3.45. The number of halogens is 1. The Morgan fingerprint density at radius 3 is 2.71 bits per heavy atom. The van der Waals surface area contributed by atoms with E-state index in [1.165, 1.54) is 5.56 Å². The van der Waals surface area contributed by atoms with E-state index < -0.39 is 0 Å². The van der Waals surface area contributed by atoms with E-state index >= 15 is 0 Å². The molecule has 0 aliphatic carbocycles. The van der Waals surface area contributed by atoms with Gasteiger partial charge in [-0.2, -0.15) is 0 Å². The van der Waals surface area contributed by atoms with Crippen LogP contribution in [0.3, 0.4) is 0 Å². The molecule has 0 saturated heterocycles. The van der Waals surface area contributed by atoms with Crippen LogP contribution in [-0.4, -0.2) is 16.5 Å². The summed E-state index contributed by atoms with van der Waals surface area (Å²) in [7, 11) is 0. The summed E-state index contributed by atoms with van der Waals surface area (Å²) in [5.41, 5.74) is 1.30. The minimum Gasteiger partial charge on any atom is -0.347 e. The molecule has 0 amide bonds. The Balaban J connectivity index is 2.10. The summed E-state index contributed by atoms with van der Waals surface area (Å²) in [6.45, 7) is 3.04. The Hall–Kier alpha value is -1.13. The lowest BCUT2D eigenvalue weighted by Gasteiger charge is -2.15. The first-order valence-electron chi connectivity index (χ1n) is 5.76. The zero-order valence-corrected chi connectivity index (χ0v) is 11.4. The third-order valence-corrected chi connectivity index (χ3v) is 3.18. The van der Waals surface area contributed by atoms with Gasteiger partial charge in [0, 0.05) is 16.9 Å². The highest BCUT2D eigenvalue weighted by atomic mass is 79.9. The van der Waals surface area contributed by atoms with E-state index in [2.05, 4.69) is 62.4 Å². The smallest absolute Gasteiger partial charge is 0.123 e. The molecule has 3 nitrogen and oxygen atoms in total. The number of aromatic nitrogens is 2. The number of hydrogen-bond acceptors (Lipinski definition) is 2. The van der Waals surface area contributed by atoms with Crippen molar-refractivity contribution in [1.29, 1.82) is 0 Å². The molecule has 0 aliphatic rings. The van der Waals surface area contributed by atoms with Crippen molar-refractivity contribution in [3.63, 3.8) is 0 Å². The van der Waals surface area contributed by atoms with E-state index in [0.717, 1.165) is 23.3 Å². The maximum absolute atomic E-state index is 4.32. The van der Waals surface area contributed by atoms with Crippen LogP contribution in [0.15, 0.2) is 41.1 Å². The number of nitrogens with one attached hydrogen (secondary N) is 2. The number of hydrogen-bond donors (Lipinski definition) is 2. The molecule has 1 aromatic carbocycles. The molecule has 2 aromatic rings. The zero-order valence-electron chi connectivity index (χ0n) is 9.78. The SMILES string of the molecule is CCNC(Cc1ccc(Br)cc1)c1ncc[nH]1. The first-order chi connectivity index (χ1) is 8.29. The lowest BCUT2D eigenvalue weighted by Crippen LogP contribution is -2.24. The van der Waals surface area contributed by atoms with E-state index in [1.807, 2.05) is 6.20 Å². The van der Waals surface area contributed by atoms with E-state index in [1.54, 1.807) is 6.20 Å². The molecule has 0 bridgehead atoms. The van der Waals surface area contributed by atoms with Crippen LogP contribution >= 0.6 is 15.9 Å². The van der Waals surface area contributed by atoms with Gasteiger partial charge in [0.1, 0.15) is 5.82 Å². The van der Waals surface area contributed by atoms with Gasteiger partial charge in [0.05, 0.1) is 6.04 Å². The molecule has 0 fully saturated rings. The van der Waals surface area contributed by atoms with Crippen molar-refractivity contribution in [2.45, 2.75) is 19.4 Å². The average Bonchev–Trinajstić information content (AvgIpc) is 2.85. The topological polar surface area (TPSA) is 40.7 Å². The van der Waals surface area contributed by atoms with Gasteiger partial charge in [0.2, 0.25) is 0 Å². The number of imidazole rings is 1. The van der Waals surface area contributed by atoms with Gasteiger partial charge in [-0.1, -0.05) is 35.0 Å². The highest BCUT2D eigenvalue weighted by Gasteiger charge is 2.12. The molecule has 0 aliphatic heterocycles. The molecule has 1 atom stereocenters. The number of H-pyrrole nitrogens is 1. The predicted molar refractivity (Wildman–Crippen MR) is 72.9 cm³/mol. The Morgan fingerprint density at radius 1 is 1.35 bits per heavy atom. The molecular formula is C13H16BrN3. The fourth-order valence-electron chi connectivity index (χ4n) is 1.84. The molecular weight excluding hydrogens is 278 g/mol. The molecule has 0 radical (unpaired) electrons. The first kappa shape index (κ1) is 12.3. The lowest BCUT2D eigenvalue weighted by molar-refractivity contribution is 0.526. The van der Waals surface area contributed by atoms with Gasteiger partial charge in [-0.15, -0.1) is 0 Å². The summed E-state index contributed by atoms with van der Waals surface area (Å²) in [5, 5.41) is 3.44. The average molecular weight is 294 g/mol. The van der Waals surface area contributed by atoms with Gasteiger partial charge < -0.3 is 10.3 Å². The van der Waals surface area contributed by atoms with Crippen LogP contribution < -0.4 is 5.32 Å². The van der Waals surface area contributed by atoms with Gasteiger partial charge in [-0.3, -0.25) is 0 Å². The highest BCUT2D eigenvalue weighted by Crippen LogP contribution is 2.17. The summed E-state index contributed by atoms with van der Waals surface area (Å²) in [4.78, 5) is 7.49. The lowest BCUT2D eigenvalue weighted by atomic mass is 10.1. The van der Waals surface area contributed by atoms with Crippen molar-refractivity contribution in [3.05, 3.63) is 52.5 Å². The standard InChI is InChI=1S/C13H16BrN3/c1-2-15-12(13-16-7-8-17-13)9-10-3-5-11(14)6-4-10/h3-8,12,15H,2,9H2,1H3,(H,16,17). The Morgan fingerprint density at radius 2 is 2.12 bits per heavy atom.